The van der Waals surface area contributed by atoms with E-state index >= 15 is 0 Å². The third-order valence-corrected chi connectivity index (χ3v) is 7.83. The number of benzene rings is 1. The molecule has 0 saturated carbocycles. The van der Waals surface area contributed by atoms with Crippen LogP contribution in [0.2, 0.25) is 0 Å². The molecule has 0 aromatic heterocycles. The standard InChI is InChI=1S/C18H26N2O5S2/c1-19(24-2)27(22,23)17-7-3-5-14(11-17)18(21)20(15-8-10-26-13-15)12-16-6-4-9-25-16/h3,5,7,11,15-16H,4,6,8-10,12-13H2,1-2H3. The fraction of sp³-hybridized carbons (Fsp3) is 0.611. The number of hydrogen-bond donors (Lipinski definition) is 0. The largest absolute Gasteiger partial charge is 0.376 e. The lowest BCUT2D eigenvalue weighted by Gasteiger charge is -2.31. The van der Waals surface area contributed by atoms with Crippen LogP contribution >= 0.6 is 11.8 Å². The van der Waals surface area contributed by atoms with Gasteiger partial charge in [0, 0.05) is 37.6 Å². The minimum Gasteiger partial charge on any atom is -0.376 e. The van der Waals surface area contributed by atoms with Gasteiger partial charge in [0.15, 0.2) is 0 Å². The average Bonchev–Trinajstić information content (AvgIpc) is 3.38. The Bertz CT molecular complexity index is 759. The van der Waals surface area contributed by atoms with E-state index < -0.39 is 10.0 Å². The van der Waals surface area contributed by atoms with Gasteiger partial charge in [-0.25, -0.2) is 8.42 Å². The molecular weight excluding hydrogens is 388 g/mol. The Labute approximate surface area is 165 Å². The van der Waals surface area contributed by atoms with Crippen LogP contribution in [0.15, 0.2) is 29.2 Å². The van der Waals surface area contributed by atoms with Gasteiger partial charge in [0.25, 0.3) is 15.9 Å². The van der Waals surface area contributed by atoms with Crippen molar-refractivity contribution in [3.8, 4) is 0 Å². The molecule has 0 bridgehead atoms. The van der Waals surface area contributed by atoms with Gasteiger partial charge in [0.05, 0.1) is 18.1 Å². The minimum atomic E-state index is -3.80. The maximum atomic E-state index is 13.3. The normalized spacial score (nSPS) is 23.1. The summed E-state index contributed by atoms with van der Waals surface area (Å²) in [6.07, 6.45) is 2.99. The van der Waals surface area contributed by atoms with Crippen molar-refractivity contribution in [2.45, 2.75) is 36.3 Å². The summed E-state index contributed by atoms with van der Waals surface area (Å²) in [5, 5.41) is 0. The molecule has 2 saturated heterocycles. The van der Waals surface area contributed by atoms with E-state index in [9.17, 15) is 13.2 Å². The van der Waals surface area contributed by atoms with Crippen LogP contribution in [0.4, 0.5) is 0 Å². The number of amides is 1. The molecule has 3 rings (SSSR count). The maximum Gasteiger partial charge on any atom is 0.264 e. The number of rotatable bonds is 7. The summed E-state index contributed by atoms with van der Waals surface area (Å²) in [4.78, 5) is 20.0. The summed E-state index contributed by atoms with van der Waals surface area (Å²) >= 11 is 1.84. The van der Waals surface area contributed by atoms with Gasteiger partial charge >= 0.3 is 0 Å². The van der Waals surface area contributed by atoms with Crippen LogP contribution in [0.5, 0.6) is 0 Å². The van der Waals surface area contributed by atoms with E-state index in [1.54, 1.807) is 12.1 Å². The van der Waals surface area contributed by atoms with Gasteiger partial charge in [-0.05, 0) is 43.2 Å². The van der Waals surface area contributed by atoms with Crippen molar-refractivity contribution in [3.05, 3.63) is 29.8 Å². The zero-order valence-electron chi connectivity index (χ0n) is 15.7. The Morgan fingerprint density at radius 3 is 2.81 bits per heavy atom. The van der Waals surface area contributed by atoms with Gasteiger partial charge in [-0.2, -0.15) is 11.8 Å². The van der Waals surface area contributed by atoms with E-state index in [1.807, 2.05) is 16.7 Å². The molecule has 7 nitrogen and oxygen atoms in total. The molecule has 2 unspecified atom stereocenters. The molecule has 9 heteroatoms. The third kappa shape index (κ3) is 4.65. The molecule has 2 fully saturated rings. The molecule has 2 heterocycles. The van der Waals surface area contributed by atoms with Gasteiger partial charge in [-0.3, -0.25) is 9.63 Å². The minimum absolute atomic E-state index is 0.0376. The van der Waals surface area contributed by atoms with Crippen molar-refractivity contribution in [2.75, 3.05) is 38.8 Å². The fourth-order valence-corrected chi connectivity index (χ4v) is 5.62. The zero-order chi connectivity index (χ0) is 19.4. The molecule has 1 aromatic rings. The summed E-state index contributed by atoms with van der Waals surface area (Å²) in [5.41, 5.74) is 0.371. The Balaban J connectivity index is 1.85. The van der Waals surface area contributed by atoms with E-state index in [-0.39, 0.29) is 22.9 Å². The highest BCUT2D eigenvalue weighted by atomic mass is 32.2. The van der Waals surface area contributed by atoms with Crippen LogP contribution in [-0.4, -0.2) is 74.7 Å². The quantitative estimate of drug-likeness (QED) is 0.635. The van der Waals surface area contributed by atoms with Crippen molar-refractivity contribution in [1.82, 2.24) is 9.37 Å². The summed E-state index contributed by atoms with van der Waals surface area (Å²) < 4.78 is 31.5. The van der Waals surface area contributed by atoms with Crippen molar-refractivity contribution >= 4 is 27.7 Å². The van der Waals surface area contributed by atoms with Crippen LogP contribution in [0.3, 0.4) is 0 Å². The summed E-state index contributed by atoms with van der Waals surface area (Å²) in [6, 6.07) is 6.32. The second-order valence-electron chi connectivity index (χ2n) is 6.74. The molecule has 2 atom stereocenters. The molecule has 1 aromatic carbocycles. The second-order valence-corrected chi connectivity index (χ2v) is 9.82. The van der Waals surface area contributed by atoms with Gasteiger partial charge in [-0.15, -0.1) is 0 Å². The highest BCUT2D eigenvalue weighted by molar-refractivity contribution is 7.99. The van der Waals surface area contributed by atoms with Crippen LogP contribution in [0.1, 0.15) is 29.6 Å². The third-order valence-electron chi connectivity index (χ3n) is 5.01. The zero-order valence-corrected chi connectivity index (χ0v) is 17.3. The van der Waals surface area contributed by atoms with Crippen molar-refractivity contribution in [2.24, 2.45) is 0 Å². The number of sulfonamides is 1. The predicted molar refractivity (Wildman–Crippen MR) is 104 cm³/mol. The van der Waals surface area contributed by atoms with E-state index in [4.69, 9.17) is 9.57 Å². The van der Waals surface area contributed by atoms with Crippen molar-refractivity contribution in [3.63, 3.8) is 0 Å². The molecular formula is C18H26N2O5S2. The van der Waals surface area contributed by atoms with E-state index in [2.05, 4.69) is 0 Å². The highest BCUT2D eigenvalue weighted by Gasteiger charge is 2.32. The molecule has 2 aliphatic rings. The molecule has 1 amide bonds. The first-order valence-electron chi connectivity index (χ1n) is 9.07. The van der Waals surface area contributed by atoms with Crippen LogP contribution in [-0.2, 0) is 19.6 Å². The first kappa shape index (κ1) is 20.6. The molecule has 150 valence electrons. The smallest absolute Gasteiger partial charge is 0.264 e. The van der Waals surface area contributed by atoms with Gasteiger partial charge in [0.1, 0.15) is 0 Å². The topological polar surface area (TPSA) is 76.2 Å². The van der Waals surface area contributed by atoms with E-state index in [1.165, 1.54) is 26.3 Å². The fourth-order valence-electron chi connectivity index (χ4n) is 3.38. The lowest BCUT2D eigenvalue weighted by Crippen LogP contribution is -2.44. The molecule has 0 aliphatic carbocycles. The Morgan fingerprint density at radius 2 is 2.19 bits per heavy atom. The van der Waals surface area contributed by atoms with Gasteiger partial charge in [-0.1, -0.05) is 10.5 Å². The lowest BCUT2D eigenvalue weighted by atomic mass is 10.1. The van der Waals surface area contributed by atoms with Gasteiger partial charge in [0.2, 0.25) is 0 Å². The molecule has 0 spiro atoms. The Hall–Kier alpha value is -1.13. The first-order chi connectivity index (χ1) is 12.9. The lowest BCUT2D eigenvalue weighted by molar-refractivity contribution is -0.0258. The Kier molecular flexibility index (Phi) is 6.80. The van der Waals surface area contributed by atoms with E-state index in [0.29, 0.717) is 12.1 Å². The highest BCUT2D eigenvalue weighted by Crippen LogP contribution is 2.26. The number of carbonyl (C=O) groups is 1. The number of ether oxygens (including phenoxy) is 1. The molecule has 0 radical (unpaired) electrons. The first-order valence-corrected chi connectivity index (χ1v) is 11.7. The van der Waals surface area contributed by atoms with Crippen LogP contribution < -0.4 is 0 Å². The summed E-state index contributed by atoms with van der Waals surface area (Å²) in [5.74, 6) is 1.80. The van der Waals surface area contributed by atoms with Crippen LogP contribution in [0.25, 0.3) is 0 Å². The Morgan fingerprint density at radius 1 is 1.37 bits per heavy atom. The second kappa shape index (κ2) is 8.91. The number of nitrogens with zero attached hydrogens (tertiary/aromatic N) is 2. The van der Waals surface area contributed by atoms with Crippen LogP contribution in [0, 0.1) is 0 Å². The predicted octanol–water partition coefficient (Wildman–Crippen LogP) is 2.00. The molecule has 0 N–H and O–H groups in total. The summed E-state index contributed by atoms with van der Waals surface area (Å²) in [7, 11) is -1.19. The molecule has 2 aliphatic heterocycles. The number of carbonyl (C=O) groups excluding carboxylic acids is 1. The summed E-state index contributed by atoms with van der Waals surface area (Å²) in [6.45, 7) is 1.29. The number of hydroxylamine groups is 1. The van der Waals surface area contributed by atoms with E-state index in [0.717, 1.165) is 41.8 Å². The number of thioether (sulfide) groups is 1. The number of hydrogen-bond acceptors (Lipinski definition) is 6. The molecule has 27 heavy (non-hydrogen) atoms. The monoisotopic (exact) mass is 414 g/mol. The van der Waals surface area contributed by atoms with Crippen molar-refractivity contribution in [1.29, 1.82) is 0 Å². The van der Waals surface area contributed by atoms with Crippen molar-refractivity contribution < 1.29 is 22.8 Å². The maximum absolute atomic E-state index is 13.3. The van der Waals surface area contributed by atoms with Gasteiger partial charge < -0.3 is 9.64 Å². The SMILES string of the molecule is CON(C)S(=O)(=O)c1cccc(C(=O)N(CC2CCCO2)C2CCSC2)c1. The average molecular weight is 415 g/mol.